The Morgan fingerprint density at radius 1 is 1.16 bits per heavy atom. The van der Waals surface area contributed by atoms with E-state index < -0.39 is 4.92 Å². The third kappa shape index (κ3) is 4.42. The van der Waals surface area contributed by atoms with Crippen LogP contribution in [-0.2, 0) is 4.79 Å². The van der Waals surface area contributed by atoms with Gasteiger partial charge in [-0.05, 0) is 18.2 Å². The second kappa shape index (κ2) is 7.58. The summed E-state index contributed by atoms with van der Waals surface area (Å²) in [6.07, 6.45) is 0. The lowest BCUT2D eigenvalue weighted by Crippen LogP contribution is -2.14. The molecule has 0 aliphatic heterocycles. The number of amides is 1. The molecule has 0 saturated carbocycles. The first-order chi connectivity index (χ1) is 12.1. The quantitative estimate of drug-likeness (QED) is 0.409. The number of hydrogen-bond acceptors (Lipinski definition) is 7. The molecule has 0 saturated heterocycles. The molecule has 0 radical (unpaired) electrons. The Morgan fingerprint density at radius 3 is 2.72 bits per heavy atom. The van der Waals surface area contributed by atoms with Gasteiger partial charge in [0.15, 0.2) is 0 Å². The number of nitrogens with zero attached hydrogens (tertiary/aromatic N) is 3. The zero-order valence-corrected chi connectivity index (χ0v) is 13.6. The van der Waals surface area contributed by atoms with Crippen molar-refractivity contribution in [2.24, 2.45) is 0 Å². The summed E-state index contributed by atoms with van der Waals surface area (Å²) >= 11 is 1.09. The Labute approximate surface area is 146 Å². The Bertz CT molecular complexity index is 898. The van der Waals surface area contributed by atoms with E-state index in [0.29, 0.717) is 11.6 Å². The molecule has 2 aromatic carbocycles. The van der Waals surface area contributed by atoms with E-state index >= 15 is 0 Å². The van der Waals surface area contributed by atoms with E-state index in [1.54, 1.807) is 6.07 Å². The molecule has 8 nitrogen and oxygen atoms in total. The van der Waals surface area contributed by atoms with Gasteiger partial charge in [0.2, 0.25) is 11.8 Å². The molecule has 1 N–H and O–H groups in total. The normalized spacial score (nSPS) is 10.4. The van der Waals surface area contributed by atoms with Crippen LogP contribution < -0.4 is 5.32 Å². The molecule has 1 amide bonds. The highest BCUT2D eigenvalue weighted by Crippen LogP contribution is 2.23. The molecule has 0 bridgehead atoms. The van der Waals surface area contributed by atoms with Crippen LogP contribution in [0, 0.1) is 10.1 Å². The predicted octanol–water partition coefficient (Wildman–Crippen LogP) is 3.38. The van der Waals surface area contributed by atoms with Gasteiger partial charge in [-0.15, -0.1) is 10.2 Å². The highest BCUT2D eigenvalue weighted by Gasteiger charge is 2.12. The summed E-state index contributed by atoms with van der Waals surface area (Å²) in [5.74, 6) is 0.0891. The van der Waals surface area contributed by atoms with Crippen molar-refractivity contribution >= 4 is 29.0 Å². The van der Waals surface area contributed by atoms with E-state index in [1.165, 1.54) is 18.2 Å². The first-order valence-electron chi connectivity index (χ1n) is 7.18. The van der Waals surface area contributed by atoms with Crippen LogP contribution in [0.3, 0.4) is 0 Å². The summed E-state index contributed by atoms with van der Waals surface area (Å²) in [6, 6.07) is 15.0. The molecule has 0 aliphatic carbocycles. The fraction of sp³-hybridized carbons (Fsp3) is 0.0625. The molecule has 0 unspecified atom stereocenters. The molecule has 0 atom stereocenters. The fourth-order valence-electron chi connectivity index (χ4n) is 1.99. The second-order valence-electron chi connectivity index (χ2n) is 4.88. The van der Waals surface area contributed by atoms with Crippen LogP contribution in [-0.4, -0.2) is 26.8 Å². The predicted molar refractivity (Wildman–Crippen MR) is 92.2 cm³/mol. The van der Waals surface area contributed by atoms with Crippen LogP contribution in [0.4, 0.5) is 11.4 Å². The van der Waals surface area contributed by atoms with Gasteiger partial charge in [-0.3, -0.25) is 14.9 Å². The standard InChI is InChI=1S/C16H12N4O4S/c21-14(17-12-7-4-8-13(9-12)20(22)23)10-25-16-19-18-15(24-16)11-5-2-1-3-6-11/h1-9H,10H2,(H,17,21). The van der Waals surface area contributed by atoms with Crippen molar-refractivity contribution in [3.05, 3.63) is 64.7 Å². The van der Waals surface area contributed by atoms with E-state index in [2.05, 4.69) is 15.5 Å². The zero-order valence-electron chi connectivity index (χ0n) is 12.8. The van der Waals surface area contributed by atoms with Crippen molar-refractivity contribution < 1.29 is 14.1 Å². The highest BCUT2D eigenvalue weighted by molar-refractivity contribution is 7.99. The number of carbonyl (C=O) groups excluding carboxylic acids is 1. The maximum atomic E-state index is 12.0. The number of hydrogen-bond donors (Lipinski definition) is 1. The van der Waals surface area contributed by atoms with Crippen molar-refractivity contribution in [2.75, 3.05) is 11.1 Å². The van der Waals surface area contributed by atoms with Crippen LogP contribution in [0.15, 0.2) is 64.2 Å². The van der Waals surface area contributed by atoms with Gasteiger partial charge < -0.3 is 9.73 Å². The number of anilines is 1. The lowest BCUT2D eigenvalue weighted by Gasteiger charge is -2.03. The maximum absolute atomic E-state index is 12.0. The average Bonchev–Trinajstić information content (AvgIpc) is 3.10. The molecule has 3 aromatic rings. The van der Waals surface area contributed by atoms with E-state index in [1.807, 2.05) is 30.3 Å². The zero-order chi connectivity index (χ0) is 17.6. The largest absolute Gasteiger partial charge is 0.411 e. The minimum Gasteiger partial charge on any atom is -0.411 e. The Balaban J connectivity index is 1.57. The Kier molecular flexibility index (Phi) is 5.05. The van der Waals surface area contributed by atoms with E-state index in [4.69, 9.17) is 4.42 Å². The Hall–Kier alpha value is -3.20. The molecule has 0 fully saturated rings. The van der Waals surface area contributed by atoms with Crippen molar-refractivity contribution in [3.63, 3.8) is 0 Å². The average molecular weight is 356 g/mol. The number of nitrogens with one attached hydrogen (secondary N) is 1. The summed E-state index contributed by atoms with van der Waals surface area (Å²) in [5.41, 5.74) is 1.06. The molecule has 1 heterocycles. The highest BCUT2D eigenvalue weighted by atomic mass is 32.2. The number of nitro groups is 1. The van der Waals surface area contributed by atoms with Crippen LogP contribution in [0.2, 0.25) is 0 Å². The number of benzene rings is 2. The second-order valence-corrected chi connectivity index (χ2v) is 5.81. The SMILES string of the molecule is O=C(CSc1nnc(-c2ccccc2)o1)Nc1cccc([N+](=O)[O-])c1. The van der Waals surface area contributed by atoms with Crippen LogP contribution >= 0.6 is 11.8 Å². The van der Waals surface area contributed by atoms with Gasteiger partial charge in [-0.25, -0.2) is 0 Å². The molecule has 3 rings (SSSR count). The summed E-state index contributed by atoms with van der Waals surface area (Å²) in [6.45, 7) is 0. The van der Waals surface area contributed by atoms with Gasteiger partial charge in [0.1, 0.15) is 0 Å². The third-order valence-electron chi connectivity index (χ3n) is 3.09. The fourth-order valence-corrected chi connectivity index (χ4v) is 2.55. The van der Waals surface area contributed by atoms with Gasteiger partial charge in [0, 0.05) is 23.4 Å². The van der Waals surface area contributed by atoms with Gasteiger partial charge >= 0.3 is 0 Å². The lowest BCUT2D eigenvalue weighted by atomic mass is 10.2. The minimum absolute atomic E-state index is 0.0408. The van der Waals surface area contributed by atoms with E-state index in [-0.39, 0.29) is 22.6 Å². The van der Waals surface area contributed by atoms with Crippen LogP contribution in [0.1, 0.15) is 0 Å². The first kappa shape index (κ1) is 16.7. The molecule has 0 aliphatic rings. The molecular formula is C16H12N4O4S. The molecule has 1 aromatic heterocycles. The van der Waals surface area contributed by atoms with Gasteiger partial charge in [-0.2, -0.15) is 0 Å². The number of aromatic nitrogens is 2. The number of rotatable bonds is 6. The third-order valence-corrected chi connectivity index (χ3v) is 3.91. The smallest absolute Gasteiger partial charge is 0.277 e. The molecular weight excluding hydrogens is 344 g/mol. The van der Waals surface area contributed by atoms with Crippen molar-refractivity contribution in [3.8, 4) is 11.5 Å². The number of non-ortho nitro benzene ring substituents is 1. The lowest BCUT2D eigenvalue weighted by molar-refractivity contribution is -0.384. The van der Waals surface area contributed by atoms with E-state index in [0.717, 1.165) is 17.3 Å². The first-order valence-corrected chi connectivity index (χ1v) is 8.16. The number of thioether (sulfide) groups is 1. The number of carbonyl (C=O) groups is 1. The molecule has 9 heteroatoms. The monoisotopic (exact) mass is 356 g/mol. The summed E-state index contributed by atoms with van der Waals surface area (Å²) in [4.78, 5) is 22.2. The summed E-state index contributed by atoms with van der Waals surface area (Å²) in [5, 5.41) is 21.4. The van der Waals surface area contributed by atoms with Gasteiger partial charge in [0.05, 0.1) is 10.7 Å². The molecule has 25 heavy (non-hydrogen) atoms. The van der Waals surface area contributed by atoms with Gasteiger partial charge in [-0.1, -0.05) is 36.0 Å². The number of nitro benzene ring substituents is 1. The maximum Gasteiger partial charge on any atom is 0.277 e. The van der Waals surface area contributed by atoms with Crippen molar-refractivity contribution in [2.45, 2.75) is 5.22 Å². The Morgan fingerprint density at radius 2 is 1.96 bits per heavy atom. The van der Waals surface area contributed by atoms with E-state index in [9.17, 15) is 14.9 Å². The van der Waals surface area contributed by atoms with Crippen molar-refractivity contribution in [1.29, 1.82) is 0 Å². The summed E-state index contributed by atoms with van der Waals surface area (Å²) < 4.78 is 5.49. The van der Waals surface area contributed by atoms with Gasteiger partial charge in [0.25, 0.3) is 10.9 Å². The molecule has 126 valence electrons. The summed E-state index contributed by atoms with van der Waals surface area (Å²) in [7, 11) is 0. The minimum atomic E-state index is -0.520. The van der Waals surface area contributed by atoms with Crippen LogP contribution in [0.25, 0.3) is 11.5 Å². The van der Waals surface area contributed by atoms with Crippen molar-refractivity contribution in [1.82, 2.24) is 10.2 Å². The van der Waals surface area contributed by atoms with Crippen LogP contribution in [0.5, 0.6) is 0 Å². The topological polar surface area (TPSA) is 111 Å². The molecule has 0 spiro atoms.